The second-order valence-corrected chi connectivity index (χ2v) is 4.42. The predicted molar refractivity (Wildman–Crippen MR) is 65.1 cm³/mol. The lowest BCUT2D eigenvalue weighted by atomic mass is 10.1. The van der Waals surface area contributed by atoms with E-state index in [9.17, 15) is 0 Å². The lowest BCUT2D eigenvalue weighted by Crippen LogP contribution is -2.08. The SMILES string of the molecule is N#Cc1nccn1-c1ncnc2c1CCCCC2. The van der Waals surface area contributed by atoms with Crippen LogP contribution < -0.4 is 0 Å². The minimum Gasteiger partial charge on any atom is -0.275 e. The van der Waals surface area contributed by atoms with Crippen molar-refractivity contribution < 1.29 is 0 Å². The fraction of sp³-hybridized carbons (Fsp3) is 0.385. The zero-order valence-electron chi connectivity index (χ0n) is 10.0. The van der Waals surface area contributed by atoms with Crippen LogP contribution in [0, 0.1) is 11.3 Å². The molecule has 5 heteroatoms. The molecule has 3 rings (SSSR count). The fourth-order valence-electron chi connectivity index (χ4n) is 2.45. The van der Waals surface area contributed by atoms with Crippen LogP contribution in [0.2, 0.25) is 0 Å². The Hall–Kier alpha value is -2.22. The maximum absolute atomic E-state index is 9.05. The van der Waals surface area contributed by atoms with Gasteiger partial charge >= 0.3 is 0 Å². The van der Waals surface area contributed by atoms with E-state index in [0.29, 0.717) is 5.82 Å². The largest absolute Gasteiger partial charge is 0.275 e. The van der Waals surface area contributed by atoms with E-state index in [4.69, 9.17) is 5.26 Å². The zero-order chi connectivity index (χ0) is 12.4. The molecule has 0 amide bonds. The highest BCUT2D eigenvalue weighted by molar-refractivity contribution is 5.40. The topological polar surface area (TPSA) is 67.4 Å². The molecule has 1 aliphatic carbocycles. The molecule has 0 bridgehead atoms. The van der Waals surface area contributed by atoms with Crippen LogP contribution in [-0.4, -0.2) is 19.5 Å². The second kappa shape index (κ2) is 4.57. The lowest BCUT2D eigenvalue weighted by molar-refractivity contribution is 0.708. The minimum atomic E-state index is 0.375. The van der Waals surface area contributed by atoms with Gasteiger partial charge in [-0.2, -0.15) is 5.26 Å². The van der Waals surface area contributed by atoms with E-state index in [0.717, 1.165) is 30.8 Å². The number of hydrogen-bond donors (Lipinski definition) is 0. The maximum atomic E-state index is 9.05. The molecular weight excluding hydrogens is 226 g/mol. The van der Waals surface area contributed by atoms with Gasteiger partial charge in [-0.25, -0.2) is 15.0 Å². The highest BCUT2D eigenvalue weighted by Crippen LogP contribution is 2.23. The predicted octanol–water partition coefficient (Wildman–Crippen LogP) is 1.80. The summed E-state index contributed by atoms with van der Waals surface area (Å²) in [5, 5.41) is 9.05. The number of nitrogens with zero attached hydrogens (tertiary/aromatic N) is 5. The van der Waals surface area contributed by atoms with Crippen molar-refractivity contribution in [1.29, 1.82) is 5.26 Å². The smallest absolute Gasteiger partial charge is 0.218 e. The van der Waals surface area contributed by atoms with Crippen molar-refractivity contribution >= 4 is 0 Å². The van der Waals surface area contributed by atoms with E-state index >= 15 is 0 Å². The highest BCUT2D eigenvalue weighted by atomic mass is 15.1. The molecule has 18 heavy (non-hydrogen) atoms. The van der Waals surface area contributed by atoms with Crippen molar-refractivity contribution in [1.82, 2.24) is 19.5 Å². The summed E-state index contributed by atoms with van der Waals surface area (Å²) >= 11 is 0. The van der Waals surface area contributed by atoms with E-state index in [1.807, 2.05) is 0 Å². The number of imidazole rings is 1. The summed E-state index contributed by atoms with van der Waals surface area (Å²) in [6, 6.07) is 2.09. The monoisotopic (exact) mass is 239 g/mol. The average Bonchev–Trinajstić information content (AvgIpc) is 2.74. The first kappa shape index (κ1) is 10.9. The number of aryl methyl sites for hydroxylation is 1. The van der Waals surface area contributed by atoms with Crippen molar-refractivity contribution in [2.75, 3.05) is 0 Å². The van der Waals surface area contributed by atoms with Gasteiger partial charge in [0.25, 0.3) is 0 Å². The summed E-state index contributed by atoms with van der Waals surface area (Å²) in [6.07, 6.45) is 10.5. The van der Waals surface area contributed by atoms with E-state index in [1.165, 1.54) is 18.4 Å². The van der Waals surface area contributed by atoms with Crippen molar-refractivity contribution in [3.8, 4) is 11.9 Å². The standard InChI is InChI=1S/C13H13N5/c14-8-12-15-6-7-18(12)13-10-4-2-1-3-5-11(10)16-9-17-13/h6-7,9H,1-5H2. The Balaban J connectivity index is 2.16. The quantitative estimate of drug-likeness (QED) is 0.712. The Labute approximate surface area is 105 Å². The summed E-state index contributed by atoms with van der Waals surface area (Å²) in [5.41, 5.74) is 2.29. The molecule has 90 valence electrons. The van der Waals surface area contributed by atoms with Gasteiger partial charge in [0.05, 0.1) is 0 Å². The molecule has 0 N–H and O–H groups in total. The fourth-order valence-corrected chi connectivity index (χ4v) is 2.45. The van der Waals surface area contributed by atoms with E-state index < -0.39 is 0 Å². The van der Waals surface area contributed by atoms with Crippen LogP contribution in [-0.2, 0) is 12.8 Å². The van der Waals surface area contributed by atoms with Gasteiger partial charge in [0.15, 0.2) is 0 Å². The highest BCUT2D eigenvalue weighted by Gasteiger charge is 2.17. The molecule has 0 saturated carbocycles. The van der Waals surface area contributed by atoms with Crippen molar-refractivity contribution in [3.63, 3.8) is 0 Å². The molecule has 0 radical (unpaired) electrons. The van der Waals surface area contributed by atoms with Gasteiger partial charge in [-0.05, 0) is 25.7 Å². The molecule has 0 aromatic carbocycles. The molecule has 0 spiro atoms. The third-order valence-electron chi connectivity index (χ3n) is 3.32. The van der Waals surface area contributed by atoms with Gasteiger partial charge < -0.3 is 0 Å². The second-order valence-electron chi connectivity index (χ2n) is 4.42. The Morgan fingerprint density at radius 3 is 2.89 bits per heavy atom. The summed E-state index contributed by atoms with van der Waals surface area (Å²) in [4.78, 5) is 12.7. The summed E-state index contributed by atoms with van der Waals surface area (Å²) in [6.45, 7) is 0. The Kier molecular flexibility index (Phi) is 2.77. The number of aromatic nitrogens is 4. The Morgan fingerprint density at radius 1 is 1.11 bits per heavy atom. The van der Waals surface area contributed by atoms with Crippen LogP contribution in [0.15, 0.2) is 18.7 Å². The summed E-state index contributed by atoms with van der Waals surface area (Å²) < 4.78 is 1.76. The number of nitriles is 1. The molecule has 0 unspecified atom stereocenters. The molecule has 2 aromatic heterocycles. The third kappa shape index (κ3) is 1.76. The van der Waals surface area contributed by atoms with Crippen LogP contribution in [0.25, 0.3) is 5.82 Å². The van der Waals surface area contributed by atoms with Gasteiger partial charge in [-0.1, -0.05) is 6.42 Å². The summed E-state index contributed by atoms with van der Waals surface area (Å²) in [5.74, 6) is 1.19. The number of rotatable bonds is 1. The molecule has 2 aromatic rings. The first-order valence-electron chi connectivity index (χ1n) is 6.16. The zero-order valence-corrected chi connectivity index (χ0v) is 10.0. The molecule has 0 atom stereocenters. The molecular formula is C13H13N5. The Morgan fingerprint density at radius 2 is 2.00 bits per heavy atom. The van der Waals surface area contributed by atoms with Crippen LogP contribution in [0.5, 0.6) is 0 Å². The minimum absolute atomic E-state index is 0.375. The molecule has 5 nitrogen and oxygen atoms in total. The van der Waals surface area contributed by atoms with Crippen molar-refractivity contribution in [2.24, 2.45) is 0 Å². The maximum Gasteiger partial charge on any atom is 0.218 e. The van der Waals surface area contributed by atoms with Gasteiger partial charge in [-0.3, -0.25) is 4.57 Å². The van der Waals surface area contributed by atoms with Crippen molar-refractivity contribution in [3.05, 3.63) is 35.8 Å². The molecule has 0 saturated heterocycles. The van der Waals surface area contributed by atoms with Crippen LogP contribution in [0.3, 0.4) is 0 Å². The summed E-state index contributed by atoms with van der Waals surface area (Å²) in [7, 11) is 0. The average molecular weight is 239 g/mol. The van der Waals surface area contributed by atoms with E-state index in [1.54, 1.807) is 23.3 Å². The molecule has 1 aliphatic rings. The third-order valence-corrected chi connectivity index (χ3v) is 3.32. The van der Waals surface area contributed by atoms with E-state index in [2.05, 4.69) is 21.0 Å². The molecule has 0 aliphatic heterocycles. The first-order chi connectivity index (χ1) is 8.90. The lowest BCUT2D eigenvalue weighted by Gasteiger charge is -2.11. The van der Waals surface area contributed by atoms with Gasteiger partial charge in [0, 0.05) is 23.7 Å². The van der Waals surface area contributed by atoms with Crippen LogP contribution >= 0.6 is 0 Å². The van der Waals surface area contributed by atoms with Crippen LogP contribution in [0.4, 0.5) is 0 Å². The molecule has 2 heterocycles. The first-order valence-corrected chi connectivity index (χ1v) is 6.16. The number of fused-ring (bicyclic) bond motifs is 1. The van der Waals surface area contributed by atoms with Crippen molar-refractivity contribution in [2.45, 2.75) is 32.1 Å². The van der Waals surface area contributed by atoms with Crippen LogP contribution in [0.1, 0.15) is 36.3 Å². The van der Waals surface area contributed by atoms with Gasteiger partial charge in [0.1, 0.15) is 18.2 Å². The van der Waals surface area contributed by atoms with Gasteiger partial charge in [0.2, 0.25) is 5.82 Å². The normalized spacial score (nSPS) is 14.6. The molecule has 0 fully saturated rings. The number of hydrogen-bond acceptors (Lipinski definition) is 4. The van der Waals surface area contributed by atoms with Gasteiger partial charge in [-0.15, -0.1) is 0 Å². The Bertz CT molecular complexity index is 608. The van der Waals surface area contributed by atoms with E-state index in [-0.39, 0.29) is 0 Å².